The van der Waals surface area contributed by atoms with E-state index in [-0.39, 0.29) is 11.8 Å². The van der Waals surface area contributed by atoms with E-state index >= 15 is 0 Å². The van der Waals surface area contributed by atoms with Gasteiger partial charge in [-0.2, -0.15) is 0 Å². The van der Waals surface area contributed by atoms with Crippen molar-refractivity contribution in [3.05, 3.63) is 48.0 Å². The summed E-state index contributed by atoms with van der Waals surface area (Å²) in [6, 6.07) is 13.6. The summed E-state index contributed by atoms with van der Waals surface area (Å²) in [6.45, 7) is 2.87. The average Bonchev–Trinajstić information content (AvgIpc) is 2.93. The van der Waals surface area contributed by atoms with Crippen LogP contribution >= 0.6 is 11.8 Å². The highest BCUT2D eigenvalue weighted by Gasteiger charge is 2.24. The van der Waals surface area contributed by atoms with Gasteiger partial charge in [-0.25, -0.2) is 0 Å². The van der Waals surface area contributed by atoms with Gasteiger partial charge in [0.25, 0.3) is 5.91 Å². The number of rotatable bonds is 3. The molecule has 0 aromatic heterocycles. The van der Waals surface area contributed by atoms with Crippen molar-refractivity contribution < 1.29 is 14.3 Å². The van der Waals surface area contributed by atoms with Crippen LogP contribution in [0.1, 0.15) is 16.8 Å². The zero-order chi connectivity index (χ0) is 19.5. The Morgan fingerprint density at radius 2 is 1.93 bits per heavy atom. The molecule has 0 saturated carbocycles. The van der Waals surface area contributed by atoms with Crippen LogP contribution < -0.4 is 15.0 Å². The van der Waals surface area contributed by atoms with Crippen molar-refractivity contribution in [3.8, 4) is 5.75 Å². The van der Waals surface area contributed by atoms with Crippen LogP contribution in [-0.4, -0.2) is 55.8 Å². The molecule has 0 atom stereocenters. The molecular formula is C21H23N3O3S. The van der Waals surface area contributed by atoms with Gasteiger partial charge in [-0.05, 0) is 30.3 Å². The minimum Gasteiger partial charge on any atom is -0.497 e. The maximum absolute atomic E-state index is 13.0. The van der Waals surface area contributed by atoms with E-state index in [1.807, 2.05) is 41.3 Å². The number of thioether (sulfide) groups is 1. The topological polar surface area (TPSA) is 61.9 Å². The van der Waals surface area contributed by atoms with Crippen LogP contribution in [0.2, 0.25) is 0 Å². The van der Waals surface area contributed by atoms with E-state index in [0.29, 0.717) is 25.1 Å². The molecule has 0 unspecified atom stereocenters. The van der Waals surface area contributed by atoms with Gasteiger partial charge in [0.2, 0.25) is 5.91 Å². The van der Waals surface area contributed by atoms with Gasteiger partial charge in [-0.3, -0.25) is 9.59 Å². The molecule has 0 radical (unpaired) electrons. The molecule has 2 heterocycles. The molecule has 2 amide bonds. The molecule has 4 rings (SSSR count). The third-order valence-electron chi connectivity index (χ3n) is 5.07. The van der Waals surface area contributed by atoms with E-state index in [1.54, 1.807) is 18.9 Å². The first-order valence-electron chi connectivity index (χ1n) is 9.39. The summed E-state index contributed by atoms with van der Waals surface area (Å²) in [5.41, 5.74) is 2.47. The molecule has 2 aromatic rings. The van der Waals surface area contributed by atoms with Gasteiger partial charge >= 0.3 is 0 Å². The Morgan fingerprint density at radius 3 is 2.71 bits per heavy atom. The Balaban J connectivity index is 1.43. The Morgan fingerprint density at radius 1 is 1.11 bits per heavy atom. The lowest BCUT2D eigenvalue weighted by atomic mass is 10.1. The third-order valence-corrected chi connectivity index (χ3v) is 6.15. The molecule has 0 bridgehead atoms. The minimum absolute atomic E-state index is 0.00255. The van der Waals surface area contributed by atoms with E-state index in [0.717, 1.165) is 40.9 Å². The fraction of sp³-hybridized carbons (Fsp3) is 0.333. The first-order chi connectivity index (χ1) is 13.6. The Labute approximate surface area is 168 Å². The maximum atomic E-state index is 13.0. The summed E-state index contributed by atoms with van der Waals surface area (Å²) in [7, 11) is 1.66. The predicted octanol–water partition coefficient (Wildman–Crippen LogP) is 3.09. The number of nitrogens with zero attached hydrogens (tertiary/aromatic N) is 2. The van der Waals surface area contributed by atoms with Gasteiger partial charge in [0, 0.05) is 60.6 Å². The molecule has 2 aliphatic heterocycles. The molecule has 28 heavy (non-hydrogen) atoms. The molecule has 146 valence electrons. The van der Waals surface area contributed by atoms with Crippen LogP contribution in [0.3, 0.4) is 0 Å². The quantitative estimate of drug-likeness (QED) is 0.862. The third kappa shape index (κ3) is 3.94. The number of piperazine rings is 1. The van der Waals surface area contributed by atoms with Crippen LogP contribution in [0.4, 0.5) is 11.4 Å². The summed E-state index contributed by atoms with van der Waals surface area (Å²) >= 11 is 1.65. The highest BCUT2D eigenvalue weighted by molar-refractivity contribution is 7.99. The number of benzene rings is 2. The second kappa shape index (κ2) is 8.14. The van der Waals surface area contributed by atoms with Gasteiger partial charge in [0.05, 0.1) is 12.8 Å². The number of carbonyl (C=O) groups excluding carboxylic acids is 2. The van der Waals surface area contributed by atoms with Crippen LogP contribution in [0, 0.1) is 0 Å². The number of ether oxygens (including phenoxy) is 1. The fourth-order valence-electron chi connectivity index (χ4n) is 3.51. The summed E-state index contributed by atoms with van der Waals surface area (Å²) in [5, 5.41) is 2.91. The lowest BCUT2D eigenvalue weighted by molar-refractivity contribution is -0.115. The molecule has 7 heteroatoms. The standard InChI is InChI=1S/C21H23N3O3S/c1-27-17-4-2-3-16(14-17)23-8-10-24(11-9-23)21(26)15-5-6-19-18(13-15)22-20(25)7-12-28-19/h2-6,13-14H,7-12H2,1H3,(H,22,25). The van der Waals surface area contributed by atoms with Crippen LogP contribution in [0.25, 0.3) is 0 Å². The molecule has 1 saturated heterocycles. The maximum Gasteiger partial charge on any atom is 0.254 e. The van der Waals surface area contributed by atoms with Gasteiger partial charge in [0.15, 0.2) is 0 Å². The van der Waals surface area contributed by atoms with Crippen molar-refractivity contribution in [2.75, 3.05) is 49.3 Å². The lowest BCUT2D eigenvalue weighted by Crippen LogP contribution is -2.48. The number of amides is 2. The second-order valence-corrected chi connectivity index (χ2v) is 7.98. The molecule has 6 nitrogen and oxygen atoms in total. The second-order valence-electron chi connectivity index (χ2n) is 6.84. The molecule has 1 fully saturated rings. The van der Waals surface area contributed by atoms with Crippen molar-refractivity contribution in [1.29, 1.82) is 0 Å². The summed E-state index contributed by atoms with van der Waals surface area (Å²) in [5.74, 6) is 1.61. The zero-order valence-corrected chi connectivity index (χ0v) is 16.6. The van der Waals surface area contributed by atoms with E-state index < -0.39 is 0 Å². The van der Waals surface area contributed by atoms with E-state index in [1.165, 1.54) is 0 Å². The number of hydrogen-bond donors (Lipinski definition) is 1. The van der Waals surface area contributed by atoms with E-state index in [9.17, 15) is 9.59 Å². The number of methoxy groups -OCH3 is 1. The smallest absolute Gasteiger partial charge is 0.254 e. The predicted molar refractivity (Wildman–Crippen MR) is 112 cm³/mol. The largest absolute Gasteiger partial charge is 0.497 e. The summed E-state index contributed by atoms with van der Waals surface area (Å²) in [4.78, 5) is 29.9. The van der Waals surface area contributed by atoms with Crippen LogP contribution in [-0.2, 0) is 4.79 Å². The number of hydrogen-bond acceptors (Lipinski definition) is 5. The average molecular weight is 398 g/mol. The van der Waals surface area contributed by atoms with Crippen molar-refractivity contribution in [1.82, 2.24) is 4.90 Å². The van der Waals surface area contributed by atoms with Gasteiger partial charge in [-0.1, -0.05) is 6.07 Å². The van der Waals surface area contributed by atoms with Crippen molar-refractivity contribution >= 4 is 35.0 Å². The van der Waals surface area contributed by atoms with E-state index in [4.69, 9.17) is 4.74 Å². The molecule has 2 aliphatic rings. The Hall–Kier alpha value is -2.67. The number of carbonyl (C=O) groups is 2. The Bertz CT molecular complexity index is 894. The first kappa shape index (κ1) is 18.7. The van der Waals surface area contributed by atoms with Crippen LogP contribution in [0.5, 0.6) is 5.75 Å². The molecule has 0 spiro atoms. The molecule has 0 aliphatic carbocycles. The van der Waals surface area contributed by atoms with E-state index in [2.05, 4.69) is 16.3 Å². The van der Waals surface area contributed by atoms with Crippen molar-refractivity contribution in [2.24, 2.45) is 0 Å². The number of nitrogens with one attached hydrogen (secondary N) is 1. The minimum atomic E-state index is 0.00255. The number of fused-ring (bicyclic) bond motifs is 1. The van der Waals surface area contributed by atoms with Crippen molar-refractivity contribution in [2.45, 2.75) is 11.3 Å². The molecule has 2 aromatic carbocycles. The molecular weight excluding hydrogens is 374 g/mol. The first-order valence-corrected chi connectivity index (χ1v) is 10.4. The van der Waals surface area contributed by atoms with Gasteiger partial charge < -0.3 is 19.9 Å². The highest BCUT2D eigenvalue weighted by Crippen LogP contribution is 2.32. The summed E-state index contributed by atoms with van der Waals surface area (Å²) < 4.78 is 5.30. The molecule has 1 N–H and O–H groups in total. The van der Waals surface area contributed by atoms with Crippen molar-refractivity contribution in [3.63, 3.8) is 0 Å². The van der Waals surface area contributed by atoms with Crippen LogP contribution in [0.15, 0.2) is 47.4 Å². The normalized spacial score (nSPS) is 16.8. The zero-order valence-electron chi connectivity index (χ0n) is 15.8. The summed E-state index contributed by atoms with van der Waals surface area (Å²) in [6.07, 6.45) is 0.495. The van der Waals surface area contributed by atoms with Gasteiger partial charge in [0.1, 0.15) is 5.75 Å². The number of anilines is 2. The Kier molecular flexibility index (Phi) is 5.43. The van der Waals surface area contributed by atoms with Gasteiger partial charge in [-0.15, -0.1) is 11.8 Å². The SMILES string of the molecule is COc1cccc(N2CCN(C(=O)c3ccc4c(c3)NC(=O)CCS4)CC2)c1. The fourth-order valence-corrected chi connectivity index (χ4v) is 4.45. The monoisotopic (exact) mass is 397 g/mol. The highest BCUT2D eigenvalue weighted by atomic mass is 32.2. The lowest BCUT2D eigenvalue weighted by Gasteiger charge is -2.36.